The van der Waals surface area contributed by atoms with Gasteiger partial charge < -0.3 is 15.4 Å². The van der Waals surface area contributed by atoms with Crippen LogP contribution >= 0.6 is 11.8 Å². The fraction of sp³-hybridized carbons (Fsp3) is 0.100. The van der Waals surface area contributed by atoms with Crippen molar-refractivity contribution in [1.82, 2.24) is 9.97 Å². The molecule has 2 aromatic carbocycles. The van der Waals surface area contributed by atoms with Gasteiger partial charge in [-0.3, -0.25) is 4.79 Å². The van der Waals surface area contributed by atoms with E-state index < -0.39 is 0 Å². The molecule has 0 aliphatic heterocycles. The Balaban J connectivity index is 1.81. The normalized spacial score (nSPS) is 10.0. The molecular weight excluding hydrogens is 374 g/mol. The van der Waals surface area contributed by atoms with Crippen LogP contribution in [0.1, 0.15) is 12.5 Å². The van der Waals surface area contributed by atoms with E-state index in [1.165, 1.54) is 18.7 Å². The highest BCUT2D eigenvalue weighted by molar-refractivity contribution is 7.99. The minimum absolute atomic E-state index is 0.247. The van der Waals surface area contributed by atoms with Crippen LogP contribution in [0.3, 0.4) is 0 Å². The van der Waals surface area contributed by atoms with Gasteiger partial charge >= 0.3 is 0 Å². The first-order valence-electron chi connectivity index (χ1n) is 8.31. The molecule has 0 aliphatic rings. The average molecular weight is 391 g/mol. The third-order valence-corrected chi connectivity index (χ3v) is 4.59. The van der Waals surface area contributed by atoms with E-state index in [0.29, 0.717) is 22.9 Å². The molecule has 0 spiro atoms. The van der Waals surface area contributed by atoms with Crippen molar-refractivity contribution >= 4 is 35.0 Å². The van der Waals surface area contributed by atoms with Crippen LogP contribution in [0.2, 0.25) is 0 Å². The van der Waals surface area contributed by atoms with Gasteiger partial charge in [-0.15, -0.1) is 0 Å². The second-order valence-corrected chi connectivity index (χ2v) is 6.74. The number of nitrogens with zero attached hydrogens (tertiary/aromatic N) is 3. The van der Waals surface area contributed by atoms with Gasteiger partial charge in [0.15, 0.2) is 0 Å². The summed E-state index contributed by atoms with van der Waals surface area (Å²) in [6.07, 6.45) is 1.64. The van der Waals surface area contributed by atoms with E-state index >= 15 is 0 Å². The summed E-state index contributed by atoms with van der Waals surface area (Å²) in [7, 11) is 1.63. The lowest BCUT2D eigenvalue weighted by atomic mass is 10.1. The highest BCUT2D eigenvalue weighted by Crippen LogP contribution is 2.29. The third kappa shape index (κ3) is 4.78. The quantitative estimate of drug-likeness (QED) is 0.607. The molecule has 0 fully saturated rings. The molecule has 0 atom stereocenters. The summed E-state index contributed by atoms with van der Waals surface area (Å²) in [6.45, 7) is 1.39. The number of methoxy groups -OCH3 is 1. The van der Waals surface area contributed by atoms with Crippen LogP contribution in [0.5, 0.6) is 5.75 Å². The SMILES string of the molecule is COc1ccc(Sc2ccnc(Nc3cccc(NC(C)=O)c3C#N)n2)cc1. The Bertz CT molecular complexity index is 1030. The van der Waals surface area contributed by atoms with Gasteiger partial charge in [0.2, 0.25) is 11.9 Å². The number of aromatic nitrogens is 2. The number of anilines is 3. The van der Waals surface area contributed by atoms with Gasteiger partial charge in [0, 0.05) is 18.0 Å². The molecular formula is C20H17N5O2S. The smallest absolute Gasteiger partial charge is 0.228 e. The molecule has 0 radical (unpaired) electrons. The van der Waals surface area contributed by atoms with Crippen LogP contribution in [0.4, 0.5) is 17.3 Å². The number of rotatable bonds is 6. The summed E-state index contributed by atoms with van der Waals surface area (Å²) in [5, 5.41) is 15.9. The Morgan fingerprint density at radius 1 is 1.14 bits per heavy atom. The topological polar surface area (TPSA) is 99.9 Å². The number of hydrogen-bond acceptors (Lipinski definition) is 7. The van der Waals surface area contributed by atoms with Gasteiger partial charge in [0.05, 0.1) is 24.0 Å². The maximum absolute atomic E-state index is 11.3. The molecule has 8 heteroatoms. The molecule has 1 aromatic heterocycles. The molecule has 2 N–H and O–H groups in total. The molecule has 140 valence electrons. The molecule has 7 nitrogen and oxygen atoms in total. The van der Waals surface area contributed by atoms with Crippen molar-refractivity contribution in [3.05, 3.63) is 60.3 Å². The van der Waals surface area contributed by atoms with Gasteiger partial charge in [-0.05, 0) is 42.5 Å². The summed E-state index contributed by atoms with van der Waals surface area (Å²) in [5.41, 5.74) is 1.26. The zero-order valence-electron chi connectivity index (χ0n) is 15.3. The fourth-order valence-electron chi connectivity index (χ4n) is 2.41. The van der Waals surface area contributed by atoms with E-state index in [4.69, 9.17) is 4.74 Å². The maximum atomic E-state index is 11.3. The first-order chi connectivity index (χ1) is 13.6. The highest BCUT2D eigenvalue weighted by Gasteiger charge is 2.11. The lowest BCUT2D eigenvalue weighted by molar-refractivity contribution is -0.114. The van der Waals surface area contributed by atoms with Crippen LogP contribution in [0.15, 0.2) is 64.6 Å². The largest absolute Gasteiger partial charge is 0.497 e. The number of carbonyl (C=O) groups excluding carboxylic acids is 1. The van der Waals surface area contributed by atoms with Crippen molar-refractivity contribution in [2.24, 2.45) is 0 Å². The maximum Gasteiger partial charge on any atom is 0.228 e. The van der Waals surface area contributed by atoms with Crippen molar-refractivity contribution in [2.45, 2.75) is 16.8 Å². The Labute approximate surface area is 166 Å². The summed E-state index contributed by atoms with van der Waals surface area (Å²) >= 11 is 1.48. The van der Waals surface area contributed by atoms with Crippen LogP contribution in [-0.2, 0) is 4.79 Å². The highest BCUT2D eigenvalue weighted by atomic mass is 32.2. The molecule has 1 amide bonds. The summed E-state index contributed by atoms with van der Waals surface area (Å²) in [5.74, 6) is 0.898. The molecule has 3 rings (SSSR count). The van der Waals surface area contributed by atoms with E-state index in [-0.39, 0.29) is 5.91 Å². The van der Waals surface area contributed by atoms with E-state index in [2.05, 4.69) is 26.7 Å². The molecule has 0 unspecified atom stereocenters. The van der Waals surface area contributed by atoms with E-state index in [1.807, 2.05) is 24.3 Å². The van der Waals surface area contributed by atoms with Gasteiger partial charge in [-0.1, -0.05) is 17.8 Å². The molecule has 0 saturated carbocycles. The molecule has 3 aromatic rings. The summed E-state index contributed by atoms with van der Waals surface area (Å²) in [6, 6.07) is 16.7. The third-order valence-electron chi connectivity index (χ3n) is 3.65. The molecule has 0 saturated heterocycles. The Morgan fingerprint density at radius 2 is 1.89 bits per heavy atom. The van der Waals surface area contributed by atoms with Crippen LogP contribution < -0.4 is 15.4 Å². The molecule has 0 aliphatic carbocycles. The number of amides is 1. The predicted molar refractivity (Wildman–Crippen MR) is 108 cm³/mol. The van der Waals surface area contributed by atoms with Crippen molar-refractivity contribution in [1.29, 1.82) is 5.26 Å². The average Bonchev–Trinajstić information content (AvgIpc) is 2.69. The monoisotopic (exact) mass is 391 g/mol. The first-order valence-corrected chi connectivity index (χ1v) is 9.13. The van der Waals surface area contributed by atoms with Gasteiger partial charge in [-0.2, -0.15) is 5.26 Å². The minimum atomic E-state index is -0.247. The molecule has 1 heterocycles. The van der Waals surface area contributed by atoms with Crippen molar-refractivity contribution in [3.63, 3.8) is 0 Å². The molecule has 0 bridgehead atoms. The first kappa shape index (κ1) is 19.2. The van der Waals surface area contributed by atoms with Crippen LogP contribution in [0.25, 0.3) is 0 Å². The van der Waals surface area contributed by atoms with E-state index in [1.54, 1.807) is 37.6 Å². The number of benzene rings is 2. The standard InChI is InChI=1S/C20H17N5O2S/c1-13(26)23-17-4-3-5-18(16(17)12-21)24-20-22-11-10-19(25-20)28-15-8-6-14(27-2)7-9-15/h3-11H,1-2H3,(H,23,26)(H,22,24,25). The van der Waals surface area contributed by atoms with Crippen LogP contribution in [-0.4, -0.2) is 23.0 Å². The zero-order valence-corrected chi connectivity index (χ0v) is 16.1. The van der Waals surface area contributed by atoms with Gasteiger partial charge in [0.25, 0.3) is 0 Å². The van der Waals surface area contributed by atoms with Crippen molar-refractivity contribution < 1.29 is 9.53 Å². The number of hydrogen-bond donors (Lipinski definition) is 2. The summed E-state index contributed by atoms with van der Waals surface area (Å²) < 4.78 is 5.16. The van der Waals surface area contributed by atoms with Gasteiger partial charge in [-0.25, -0.2) is 9.97 Å². The zero-order chi connectivity index (χ0) is 19.9. The number of ether oxygens (including phenoxy) is 1. The van der Waals surface area contributed by atoms with Gasteiger partial charge in [0.1, 0.15) is 16.8 Å². The number of carbonyl (C=O) groups is 1. The number of nitrogens with one attached hydrogen (secondary N) is 2. The predicted octanol–water partition coefficient (Wildman–Crippen LogP) is 4.21. The Hall–Kier alpha value is -3.57. The molecule has 28 heavy (non-hydrogen) atoms. The van der Waals surface area contributed by atoms with Crippen molar-refractivity contribution in [3.8, 4) is 11.8 Å². The second-order valence-electron chi connectivity index (χ2n) is 5.64. The van der Waals surface area contributed by atoms with E-state index in [0.717, 1.165) is 15.7 Å². The second kappa shape index (κ2) is 8.88. The summed E-state index contributed by atoms with van der Waals surface area (Å²) in [4.78, 5) is 21.0. The number of nitriles is 1. The van der Waals surface area contributed by atoms with Crippen LogP contribution in [0, 0.1) is 11.3 Å². The van der Waals surface area contributed by atoms with E-state index in [9.17, 15) is 10.1 Å². The lowest BCUT2D eigenvalue weighted by Crippen LogP contribution is -2.08. The lowest BCUT2D eigenvalue weighted by Gasteiger charge is -2.11. The Morgan fingerprint density at radius 3 is 2.57 bits per heavy atom. The van der Waals surface area contributed by atoms with Crippen molar-refractivity contribution in [2.75, 3.05) is 17.7 Å². The fourth-order valence-corrected chi connectivity index (χ4v) is 3.19. The minimum Gasteiger partial charge on any atom is -0.497 e. The Kier molecular flexibility index (Phi) is 6.09.